The highest BCUT2D eigenvalue weighted by Gasteiger charge is 2.19. The number of hydrogen-bond donors (Lipinski definition) is 4. The number of benzene rings is 3. The van der Waals surface area contributed by atoms with Crippen LogP contribution in [0.4, 0.5) is 10.5 Å². The normalized spacial score (nSPS) is 11.8. The number of amidine groups is 1. The van der Waals surface area contributed by atoms with Crippen molar-refractivity contribution >= 4 is 35.1 Å². The van der Waals surface area contributed by atoms with E-state index in [9.17, 15) is 9.59 Å². The van der Waals surface area contributed by atoms with Crippen LogP contribution in [0.25, 0.3) is 0 Å². The smallest absolute Gasteiger partial charge is 0.335 e. The van der Waals surface area contributed by atoms with E-state index >= 15 is 0 Å². The first kappa shape index (κ1) is 32.9. The molecule has 3 rings (SSSR count). The SMILES string of the molecule is C/C=C/C=C/N(CCCC)C(=N)CC(Cc1ccc(Oc2ccc(C(=O)O)cc2)cc1)NC(=O)Nc1ccc(Cl)cc1C. The Morgan fingerprint density at radius 3 is 2.33 bits per heavy atom. The first-order valence-corrected chi connectivity index (χ1v) is 14.6. The van der Waals surface area contributed by atoms with Crippen LogP contribution in [0.15, 0.2) is 91.2 Å². The van der Waals surface area contributed by atoms with Crippen LogP contribution >= 0.6 is 11.6 Å². The first-order valence-electron chi connectivity index (χ1n) is 14.3. The minimum atomic E-state index is -0.994. The summed E-state index contributed by atoms with van der Waals surface area (Å²) in [4.78, 5) is 26.1. The predicted octanol–water partition coefficient (Wildman–Crippen LogP) is 8.43. The number of ether oxygens (including phenoxy) is 1. The van der Waals surface area contributed by atoms with Gasteiger partial charge in [-0.2, -0.15) is 0 Å². The summed E-state index contributed by atoms with van der Waals surface area (Å²) in [6.07, 6.45) is 10.4. The van der Waals surface area contributed by atoms with Gasteiger partial charge in [0.1, 0.15) is 17.3 Å². The highest BCUT2D eigenvalue weighted by molar-refractivity contribution is 6.30. The predicted molar refractivity (Wildman–Crippen MR) is 174 cm³/mol. The van der Waals surface area contributed by atoms with Crippen molar-refractivity contribution in [2.75, 3.05) is 11.9 Å². The van der Waals surface area contributed by atoms with E-state index in [-0.39, 0.29) is 17.6 Å². The second-order valence-corrected chi connectivity index (χ2v) is 10.5. The molecule has 0 radical (unpaired) electrons. The van der Waals surface area contributed by atoms with Crippen molar-refractivity contribution in [1.29, 1.82) is 5.41 Å². The zero-order valence-electron chi connectivity index (χ0n) is 24.8. The zero-order valence-corrected chi connectivity index (χ0v) is 25.5. The fourth-order valence-corrected chi connectivity index (χ4v) is 4.54. The number of nitrogens with zero attached hydrogens (tertiary/aromatic N) is 1. The number of nitrogens with one attached hydrogen (secondary N) is 3. The van der Waals surface area contributed by atoms with E-state index in [1.165, 1.54) is 12.1 Å². The Hall–Kier alpha value is -4.56. The van der Waals surface area contributed by atoms with Gasteiger partial charge in [-0.05, 0) is 98.5 Å². The number of anilines is 1. The Bertz CT molecular complexity index is 1440. The van der Waals surface area contributed by atoms with E-state index in [1.54, 1.807) is 30.3 Å². The van der Waals surface area contributed by atoms with Crippen LogP contribution in [0.3, 0.4) is 0 Å². The van der Waals surface area contributed by atoms with E-state index in [4.69, 9.17) is 26.9 Å². The van der Waals surface area contributed by atoms with Crippen molar-refractivity contribution < 1.29 is 19.4 Å². The highest BCUT2D eigenvalue weighted by atomic mass is 35.5. The molecule has 3 aromatic rings. The Morgan fingerprint density at radius 2 is 1.72 bits per heavy atom. The van der Waals surface area contributed by atoms with Crippen molar-refractivity contribution in [2.24, 2.45) is 0 Å². The van der Waals surface area contributed by atoms with Crippen LogP contribution in [0.1, 0.15) is 54.6 Å². The minimum Gasteiger partial charge on any atom is -0.478 e. The molecule has 2 amide bonds. The van der Waals surface area contributed by atoms with Gasteiger partial charge in [0.25, 0.3) is 0 Å². The molecule has 0 aliphatic heterocycles. The van der Waals surface area contributed by atoms with E-state index in [1.807, 2.05) is 67.4 Å². The van der Waals surface area contributed by atoms with Crippen molar-refractivity contribution in [3.63, 3.8) is 0 Å². The molecule has 0 aromatic heterocycles. The molecule has 0 heterocycles. The molecule has 3 aromatic carbocycles. The summed E-state index contributed by atoms with van der Waals surface area (Å²) in [7, 11) is 0. The van der Waals surface area contributed by atoms with Gasteiger partial charge in [0.2, 0.25) is 0 Å². The third-order valence-corrected chi connectivity index (χ3v) is 6.86. The Balaban J connectivity index is 1.75. The number of hydrogen-bond acceptors (Lipinski definition) is 4. The van der Waals surface area contributed by atoms with Gasteiger partial charge in [0.05, 0.1) is 5.56 Å². The molecule has 0 aliphatic carbocycles. The summed E-state index contributed by atoms with van der Waals surface area (Å²) < 4.78 is 5.87. The molecule has 0 bridgehead atoms. The van der Waals surface area contributed by atoms with Crippen molar-refractivity contribution in [3.05, 3.63) is 113 Å². The third-order valence-electron chi connectivity index (χ3n) is 6.62. The Kier molecular flexibility index (Phi) is 12.9. The van der Waals surface area contributed by atoms with E-state index in [2.05, 4.69) is 17.6 Å². The van der Waals surface area contributed by atoms with E-state index in [0.29, 0.717) is 47.4 Å². The van der Waals surface area contributed by atoms with Gasteiger partial charge >= 0.3 is 12.0 Å². The van der Waals surface area contributed by atoms with Gasteiger partial charge in [-0.25, -0.2) is 9.59 Å². The number of carbonyl (C=O) groups is 2. The molecule has 9 heteroatoms. The summed E-state index contributed by atoms with van der Waals surface area (Å²) >= 11 is 6.07. The average Bonchev–Trinajstić information content (AvgIpc) is 2.97. The van der Waals surface area contributed by atoms with Gasteiger partial charge < -0.3 is 25.4 Å². The molecular formula is C34H39ClN4O4. The minimum absolute atomic E-state index is 0.188. The molecule has 8 nitrogen and oxygen atoms in total. The van der Waals surface area contributed by atoms with E-state index in [0.717, 1.165) is 24.0 Å². The van der Waals surface area contributed by atoms with Gasteiger partial charge in [-0.3, -0.25) is 5.41 Å². The molecule has 226 valence electrons. The van der Waals surface area contributed by atoms with Crippen molar-refractivity contribution in [3.8, 4) is 11.5 Å². The van der Waals surface area contributed by atoms with Gasteiger partial charge in [0.15, 0.2) is 0 Å². The number of urea groups is 1. The maximum Gasteiger partial charge on any atom is 0.335 e. The van der Waals surface area contributed by atoms with E-state index < -0.39 is 5.97 Å². The highest BCUT2D eigenvalue weighted by Crippen LogP contribution is 2.23. The standard InChI is InChI=1S/C34H39ClN4O4/c1-4-6-8-20-39(19-7-5-2)32(36)23-28(37-34(42)38-31-18-13-27(35)21-24(31)3)22-25-9-14-29(15-10-25)43-30-16-11-26(12-17-30)33(40)41/h4,6,8-18,20-21,28,36H,5,7,19,22-23H2,1-3H3,(H,40,41)(H2,37,38,42)/b6-4+,20-8+,36-32?. The monoisotopic (exact) mass is 602 g/mol. The number of carboxylic acid groups (broad SMARTS) is 1. The Morgan fingerprint density at radius 1 is 1.05 bits per heavy atom. The van der Waals surface area contributed by atoms with Crippen LogP contribution in [0.5, 0.6) is 11.5 Å². The lowest BCUT2D eigenvalue weighted by atomic mass is 10.0. The first-order chi connectivity index (χ1) is 20.7. The van der Waals surface area contributed by atoms with Crippen LogP contribution in [0, 0.1) is 12.3 Å². The quantitative estimate of drug-likeness (QED) is 0.0839. The summed E-state index contributed by atoms with van der Waals surface area (Å²) in [6.45, 7) is 6.65. The van der Waals surface area contributed by atoms with Gasteiger partial charge in [0, 0.05) is 35.9 Å². The Labute approximate surface area is 258 Å². The number of halogens is 1. The maximum atomic E-state index is 13.1. The molecule has 0 saturated carbocycles. The molecule has 4 N–H and O–H groups in total. The lowest BCUT2D eigenvalue weighted by molar-refractivity contribution is 0.0697. The molecule has 43 heavy (non-hydrogen) atoms. The topological polar surface area (TPSA) is 115 Å². The number of carbonyl (C=O) groups excluding carboxylic acids is 1. The summed E-state index contributed by atoms with van der Waals surface area (Å²) in [5.41, 5.74) is 2.65. The number of carboxylic acids is 1. The van der Waals surface area contributed by atoms with Crippen LogP contribution in [0.2, 0.25) is 5.02 Å². The number of unbranched alkanes of at least 4 members (excludes halogenated alkanes) is 1. The fourth-order valence-electron chi connectivity index (χ4n) is 4.31. The average molecular weight is 603 g/mol. The van der Waals surface area contributed by atoms with Crippen LogP contribution < -0.4 is 15.4 Å². The molecular weight excluding hydrogens is 564 g/mol. The number of rotatable bonds is 14. The lowest BCUT2D eigenvalue weighted by Crippen LogP contribution is -2.42. The largest absolute Gasteiger partial charge is 0.478 e. The van der Waals surface area contributed by atoms with Gasteiger partial charge in [-0.1, -0.05) is 49.2 Å². The summed E-state index contributed by atoms with van der Waals surface area (Å²) in [5, 5.41) is 24.5. The zero-order chi connectivity index (χ0) is 31.2. The molecule has 0 spiro atoms. The van der Waals surface area contributed by atoms with Gasteiger partial charge in [-0.15, -0.1) is 0 Å². The summed E-state index contributed by atoms with van der Waals surface area (Å²) in [5.74, 6) is 0.538. The molecule has 0 aliphatic rings. The number of aromatic carboxylic acids is 1. The number of allylic oxidation sites excluding steroid dienone is 3. The summed E-state index contributed by atoms with van der Waals surface area (Å²) in [6, 6.07) is 18.2. The molecule has 0 fully saturated rings. The number of amides is 2. The molecule has 1 unspecified atom stereocenters. The second-order valence-electron chi connectivity index (χ2n) is 10.1. The third kappa shape index (κ3) is 11.0. The van der Waals surface area contributed by atoms with Crippen LogP contribution in [-0.4, -0.2) is 40.4 Å². The van der Waals surface area contributed by atoms with Crippen LogP contribution in [-0.2, 0) is 6.42 Å². The van der Waals surface area contributed by atoms with Crippen molar-refractivity contribution in [1.82, 2.24) is 10.2 Å². The molecule has 1 atom stereocenters. The van der Waals surface area contributed by atoms with Crippen molar-refractivity contribution in [2.45, 2.75) is 52.5 Å². The number of aryl methyl sites for hydroxylation is 1. The lowest BCUT2D eigenvalue weighted by Gasteiger charge is -2.26. The molecule has 0 saturated heterocycles. The fraction of sp³-hybridized carbons (Fsp3) is 0.265. The second kappa shape index (κ2) is 16.8. The maximum absolute atomic E-state index is 13.1.